The van der Waals surface area contributed by atoms with Crippen LogP contribution >= 0.6 is 0 Å². The van der Waals surface area contributed by atoms with Crippen LogP contribution in [0.25, 0.3) is 0 Å². The molecule has 0 unspecified atom stereocenters. The number of aliphatic carboxylic acids is 1. The quantitative estimate of drug-likeness (QED) is 0.739. The summed E-state index contributed by atoms with van der Waals surface area (Å²) in [4.78, 5) is 13.6. The molecule has 0 spiro atoms. The fraction of sp³-hybridized carbons (Fsp3) is 0.571. The summed E-state index contributed by atoms with van der Waals surface area (Å²) in [7, 11) is -3.82. The first-order valence-corrected chi connectivity index (χ1v) is 11.7. The van der Waals surface area contributed by atoms with Crippen molar-refractivity contribution < 1.29 is 22.7 Å². The summed E-state index contributed by atoms with van der Waals surface area (Å²) in [6, 6.07) is 4.91. The van der Waals surface area contributed by atoms with Crippen LogP contribution in [-0.4, -0.2) is 60.4 Å². The predicted molar refractivity (Wildman–Crippen MR) is 106 cm³/mol. The van der Waals surface area contributed by atoms with Crippen molar-refractivity contribution in [3.8, 4) is 0 Å². The highest BCUT2D eigenvalue weighted by molar-refractivity contribution is 7.89. The molecule has 0 aromatic heterocycles. The van der Waals surface area contributed by atoms with Crippen LogP contribution in [0.3, 0.4) is 0 Å². The van der Waals surface area contributed by atoms with Crippen molar-refractivity contribution in [2.24, 2.45) is 11.8 Å². The molecule has 1 N–H and O–H groups in total. The van der Waals surface area contributed by atoms with Gasteiger partial charge in [-0.05, 0) is 74.9 Å². The van der Waals surface area contributed by atoms with Crippen LogP contribution in [-0.2, 0) is 14.8 Å². The van der Waals surface area contributed by atoms with Gasteiger partial charge in [0, 0.05) is 18.6 Å². The van der Waals surface area contributed by atoms with Gasteiger partial charge in [-0.1, -0.05) is 12.2 Å². The Morgan fingerprint density at radius 3 is 2.55 bits per heavy atom. The number of carbonyl (C=O) groups is 1. The molecule has 1 aromatic carbocycles. The molecule has 0 amide bonds. The Hall–Kier alpha value is -1.77. The fourth-order valence-corrected chi connectivity index (χ4v) is 7.13. The Morgan fingerprint density at radius 2 is 1.86 bits per heavy atom. The minimum atomic E-state index is -3.82. The lowest BCUT2D eigenvalue weighted by atomic mass is 9.70. The van der Waals surface area contributed by atoms with E-state index in [1.165, 1.54) is 12.1 Å². The number of carboxylic acids is 1. The summed E-state index contributed by atoms with van der Waals surface area (Å²) >= 11 is 0. The molecule has 0 aliphatic carbocycles. The van der Waals surface area contributed by atoms with Crippen LogP contribution in [0.4, 0.5) is 4.39 Å². The molecule has 3 aliphatic heterocycles. The van der Waals surface area contributed by atoms with Gasteiger partial charge in [-0.2, -0.15) is 4.31 Å². The molecule has 29 heavy (non-hydrogen) atoms. The number of hydrogen-bond acceptors (Lipinski definition) is 4. The van der Waals surface area contributed by atoms with Crippen LogP contribution in [0, 0.1) is 17.7 Å². The molecule has 3 aliphatic rings. The SMILES string of the molecule is O=C(O)C/C=C/[C@@H]1[C@H]2CCCN3CCC[C@@H](CN1S(=O)(=O)c1ccc(F)cc1)[C@@H]23. The Kier molecular flexibility index (Phi) is 5.77. The Bertz CT molecular complexity index is 884. The minimum Gasteiger partial charge on any atom is -0.481 e. The smallest absolute Gasteiger partial charge is 0.307 e. The molecular formula is C21H27FN2O4S. The average Bonchev–Trinajstić information content (AvgIpc) is 2.69. The average molecular weight is 423 g/mol. The normalized spacial score (nSPS) is 30.9. The fourth-order valence-electron chi connectivity index (χ4n) is 5.44. The van der Waals surface area contributed by atoms with Gasteiger partial charge in [0.15, 0.2) is 0 Å². The molecule has 158 valence electrons. The van der Waals surface area contributed by atoms with Crippen molar-refractivity contribution in [2.45, 2.75) is 49.1 Å². The lowest BCUT2D eigenvalue weighted by molar-refractivity contribution is -0.136. The maximum atomic E-state index is 13.5. The number of benzene rings is 1. The summed E-state index contributed by atoms with van der Waals surface area (Å²) in [6.07, 6.45) is 7.22. The second-order valence-corrected chi connectivity index (χ2v) is 10.2. The first-order valence-electron chi connectivity index (χ1n) is 10.3. The van der Waals surface area contributed by atoms with Crippen molar-refractivity contribution in [2.75, 3.05) is 19.6 Å². The molecule has 8 heteroatoms. The van der Waals surface area contributed by atoms with Crippen LogP contribution in [0.2, 0.25) is 0 Å². The van der Waals surface area contributed by atoms with Crippen molar-refractivity contribution >= 4 is 16.0 Å². The summed E-state index contributed by atoms with van der Waals surface area (Å²) in [5.74, 6) is -1.00. The summed E-state index contributed by atoms with van der Waals surface area (Å²) in [5.41, 5.74) is 0. The molecule has 6 nitrogen and oxygen atoms in total. The summed E-state index contributed by atoms with van der Waals surface area (Å²) in [5, 5.41) is 9.01. The third kappa shape index (κ3) is 3.98. The summed E-state index contributed by atoms with van der Waals surface area (Å²) in [6.45, 7) is 2.52. The molecule has 1 aromatic rings. The number of halogens is 1. The molecule has 3 heterocycles. The number of piperidine rings is 3. The summed E-state index contributed by atoms with van der Waals surface area (Å²) < 4.78 is 41.8. The van der Waals surface area contributed by atoms with Crippen molar-refractivity contribution in [3.63, 3.8) is 0 Å². The molecule has 3 fully saturated rings. The van der Waals surface area contributed by atoms with Crippen LogP contribution in [0.5, 0.6) is 0 Å². The van der Waals surface area contributed by atoms with E-state index in [4.69, 9.17) is 5.11 Å². The van der Waals surface area contributed by atoms with E-state index < -0.39 is 21.8 Å². The molecular weight excluding hydrogens is 395 g/mol. The van der Waals surface area contributed by atoms with Gasteiger partial charge in [0.25, 0.3) is 0 Å². The van der Waals surface area contributed by atoms with Gasteiger partial charge in [0.05, 0.1) is 11.3 Å². The van der Waals surface area contributed by atoms with Crippen LogP contribution < -0.4 is 0 Å². The Morgan fingerprint density at radius 1 is 1.17 bits per heavy atom. The van der Waals surface area contributed by atoms with Crippen molar-refractivity contribution in [1.82, 2.24) is 9.21 Å². The van der Waals surface area contributed by atoms with Gasteiger partial charge >= 0.3 is 5.97 Å². The number of sulfonamides is 1. The van der Waals surface area contributed by atoms with E-state index in [9.17, 15) is 17.6 Å². The molecule has 4 atom stereocenters. The lowest BCUT2D eigenvalue weighted by Crippen LogP contribution is -2.65. The largest absolute Gasteiger partial charge is 0.481 e. The highest BCUT2D eigenvalue weighted by Gasteiger charge is 2.50. The first-order chi connectivity index (χ1) is 13.9. The van der Waals surface area contributed by atoms with Crippen molar-refractivity contribution in [3.05, 3.63) is 42.2 Å². The van der Waals surface area contributed by atoms with E-state index in [0.717, 1.165) is 50.9 Å². The van der Waals surface area contributed by atoms with Gasteiger partial charge in [0.2, 0.25) is 10.0 Å². The molecule has 0 bridgehead atoms. The van der Waals surface area contributed by atoms with Crippen LogP contribution in [0.1, 0.15) is 32.1 Å². The van der Waals surface area contributed by atoms with E-state index in [1.54, 1.807) is 16.5 Å². The zero-order chi connectivity index (χ0) is 20.6. The topological polar surface area (TPSA) is 77.9 Å². The van der Waals surface area contributed by atoms with Gasteiger partial charge in [-0.15, -0.1) is 0 Å². The van der Waals surface area contributed by atoms with Gasteiger partial charge in [0.1, 0.15) is 5.82 Å². The van der Waals surface area contributed by atoms with E-state index in [0.29, 0.717) is 12.6 Å². The second kappa shape index (κ2) is 8.16. The number of carboxylic acid groups (broad SMARTS) is 1. The van der Waals surface area contributed by atoms with E-state index in [2.05, 4.69) is 4.90 Å². The third-order valence-corrected chi connectivity index (χ3v) is 8.46. The molecule has 4 rings (SSSR count). The van der Waals surface area contributed by atoms with Gasteiger partial charge in [-0.25, -0.2) is 12.8 Å². The zero-order valence-electron chi connectivity index (χ0n) is 16.3. The maximum absolute atomic E-state index is 13.5. The number of hydrogen-bond donors (Lipinski definition) is 1. The first kappa shape index (κ1) is 20.5. The van der Waals surface area contributed by atoms with Gasteiger partial charge < -0.3 is 5.11 Å². The van der Waals surface area contributed by atoms with E-state index in [-0.39, 0.29) is 29.2 Å². The van der Waals surface area contributed by atoms with E-state index >= 15 is 0 Å². The Labute approximate surface area is 171 Å². The highest BCUT2D eigenvalue weighted by Crippen LogP contribution is 2.44. The molecule has 0 saturated carbocycles. The molecule has 0 radical (unpaired) electrons. The Balaban J connectivity index is 1.72. The van der Waals surface area contributed by atoms with E-state index in [1.807, 2.05) is 0 Å². The highest BCUT2D eigenvalue weighted by atomic mass is 32.2. The van der Waals surface area contributed by atoms with Crippen LogP contribution in [0.15, 0.2) is 41.3 Å². The number of rotatable bonds is 5. The maximum Gasteiger partial charge on any atom is 0.307 e. The lowest BCUT2D eigenvalue weighted by Gasteiger charge is -2.56. The van der Waals surface area contributed by atoms with Crippen molar-refractivity contribution in [1.29, 1.82) is 0 Å². The minimum absolute atomic E-state index is 0.0810. The zero-order valence-corrected chi connectivity index (χ0v) is 17.1. The molecule has 3 saturated heterocycles. The standard InChI is InChI=1S/C21H27FN2O4S/c22-16-8-10-17(11-9-16)29(27,28)24-14-15-4-2-12-23-13-3-5-18(21(15)23)19(24)6-1-7-20(25)26/h1,6,8-11,15,18-19,21H,2-5,7,12-14H2,(H,25,26)/b6-1+/t15-,18+,19+,21-/m0/s1. The monoisotopic (exact) mass is 422 g/mol. The second-order valence-electron chi connectivity index (χ2n) is 8.28. The predicted octanol–water partition coefficient (Wildman–Crippen LogP) is 2.72. The number of nitrogens with zero attached hydrogens (tertiary/aromatic N) is 2. The third-order valence-electron chi connectivity index (χ3n) is 6.58. The van der Waals surface area contributed by atoms with Gasteiger partial charge in [-0.3, -0.25) is 9.69 Å².